The van der Waals surface area contributed by atoms with Crippen LogP contribution < -0.4 is 5.56 Å². The average Bonchev–Trinajstić information content (AvgIpc) is 2.73. The molecular weight excluding hydrogens is 304 g/mol. The molecule has 2 aromatic rings. The Kier molecular flexibility index (Phi) is 3.92. The van der Waals surface area contributed by atoms with E-state index < -0.39 is 0 Å². The van der Waals surface area contributed by atoms with Crippen LogP contribution in [0.15, 0.2) is 9.95 Å². The summed E-state index contributed by atoms with van der Waals surface area (Å²) in [5, 5.41) is 1.34. The molecule has 21 heavy (non-hydrogen) atoms. The first kappa shape index (κ1) is 14.8. The van der Waals surface area contributed by atoms with Crippen molar-refractivity contribution in [3.05, 3.63) is 20.8 Å². The number of fused-ring (bicyclic) bond motifs is 1. The van der Waals surface area contributed by atoms with E-state index in [1.54, 1.807) is 23.0 Å². The maximum Gasteiger partial charge on any atom is 0.262 e. The first-order chi connectivity index (χ1) is 9.99. The van der Waals surface area contributed by atoms with Gasteiger partial charge in [-0.25, -0.2) is 4.98 Å². The summed E-state index contributed by atoms with van der Waals surface area (Å²) in [5.74, 6) is 0.291. The molecular formula is C15H18N2O2S2. The molecule has 1 aliphatic rings. The molecule has 0 bridgehead atoms. The van der Waals surface area contributed by atoms with Gasteiger partial charge in [0.15, 0.2) is 5.16 Å². The molecule has 2 aromatic heterocycles. The number of carbonyl (C=O) groups excluding carboxylic acids is 1. The van der Waals surface area contributed by atoms with Crippen molar-refractivity contribution in [2.24, 2.45) is 7.05 Å². The average molecular weight is 322 g/mol. The Morgan fingerprint density at radius 2 is 2.05 bits per heavy atom. The number of thiophene rings is 1. The fraction of sp³-hybridized carbons (Fsp3) is 0.533. The number of hydrogen-bond donors (Lipinski definition) is 0. The summed E-state index contributed by atoms with van der Waals surface area (Å²) in [6, 6.07) is 0. The van der Waals surface area contributed by atoms with Gasteiger partial charge in [0.05, 0.1) is 10.6 Å². The largest absolute Gasteiger partial charge is 0.298 e. The van der Waals surface area contributed by atoms with Crippen molar-refractivity contribution in [1.82, 2.24) is 9.55 Å². The zero-order chi connectivity index (χ0) is 15.1. The minimum Gasteiger partial charge on any atom is -0.298 e. The van der Waals surface area contributed by atoms with Gasteiger partial charge in [-0.1, -0.05) is 18.2 Å². The first-order valence-electron chi connectivity index (χ1n) is 7.15. The van der Waals surface area contributed by atoms with Crippen LogP contribution in [0, 0.1) is 13.8 Å². The Morgan fingerprint density at radius 1 is 1.29 bits per heavy atom. The molecule has 6 heteroatoms. The number of Topliss-reactive ketones (excluding diaryl/α,β-unsaturated/α-hetero) is 1. The normalized spacial score (nSPS) is 19.4. The summed E-state index contributed by atoms with van der Waals surface area (Å²) in [5.41, 5.74) is 1.01. The van der Waals surface area contributed by atoms with E-state index in [1.807, 2.05) is 13.8 Å². The van der Waals surface area contributed by atoms with E-state index in [9.17, 15) is 9.59 Å². The summed E-state index contributed by atoms with van der Waals surface area (Å²) >= 11 is 3.01. The number of ketones is 1. The lowest BCUT2D eigenvalue weighted by atomic mass is 9.99. The molecule has 1 atom stereocenters. The van der Waals surface area contributed by atoms with Crippen molar-refractivity contribution in [2.75, 3.05) is 0 Å². The lowest BCUT2D eigenvalue weighted by Gasteiger charge is -2.20. The highest BCUT2D eigenvalue weighted by Crippen LogP contribution is 2.32. The Morgan fingerprint density at radius 3 is 2.76 bits per heavy atom. The second-order valence-electron chi connectivity index (χ2n) is 5.54. The fourth-order valence-electron chi connectivity index (χ4n) is 2.66. The number of nitrogens with zero attached hydrogens (tertiary/aromatic N) is 2. The van der Waals surface area contributed by atoms with Gasteiger partial charge in [0.2, 0.25) is 0 Å². The van der Waals surface area contributed by atoms with Crippen LogP contribution in [0.4, 0.5) is 0 Å². The van der Waals surface area contributed by atoms with Gasteiger partial charge in [-0.2, -0.15) is 0 Å². The van der Waals surface area contributed by atoms with Crippen molar-refractivity contribution in [2.45, 2.75) is 49.9 Å². The fourth-order valence-corrected chi connectivity index (χ4v) is 4.92. The Bertz CT molecular complexity index is 776. The molecule has 1 unspecified atom stereocenters. The minimum atomic E-state index is -0.0449. The predicted octanol–water partition coefficient (Wildman–Crippen LogP) is 3.22. The van der Waals surface area contributed by atoms with E-state index in [-0.39, 0.29) is 10.8 Å². The SMILES string of the molecule is Cc1sc2nc(SC3CCCCC3=O)n(C)c(=O)c2c1C. The van der Waals surface area contributed by atoms with Gasteiger partial charge in [-0.05, 0) is 32.3 Å². The van der Waals surface area contributed by atoms with E-state index in [1.165, 1.54) is 11.8 Å². The number of hydrogen-bond acceptors (Lipinski definition) is 5. The highest BCUT2D eigenvalue weighted by atomic mass is 32.2. The molecule has 1 saturated carbocycles. The van der Waals surface area contributed by atoms with E-state index >= 15 is 0 Å². The third-order valence-electron chi connectivity index (χ3n) is 4.12. The van der Waals surface area contributed by atoms with Crippen molar-refractivity contribution in [1.29, 1.82) is 0 Å². The third-order valence-corrected chi connectivity index (χ3v) is 6.58. The van der Waals surface area contributed by atoms with Gasteiger partial charge >= 0.3 is 0 Å². The summed E-state index contributed by atoms with van der Waals surface area (Å²) in [6.45, 7) is 3.98. The van der Waals surface area contributed by atoms with Crippen LogP contribution in [0.5, 0.6) is 0 Å². The minimum absolute atomic E-state index is 0.00684. The second-order valence-corrected chi connectivity index (χ2v) is 7.91. The maximum absolute atomic E-state index is 12.5. The van der Waals surface area contributed by atoms with Crippen molar-refractivity contribution < 1.29 is 4.79 Å². The van der Waals surface area contributed by atoms with Crippen LogP contribution in [0.25, 0.3) is 10.2 Å². The number of rotatable bonds is 2. The van der Waals surface area contributed by atoms with E-state index in [2.05, 4.69) is 4.98 Å². The summed E-state index contributed by atoms with van der Waals surface area (Å²) in [4.78, 5) is 31.1. The van der Waals surface area contributed by atoms with Gasteiger partial charge < -0.3 is 0 Å². The number of thioether (sulfide) groups is 1. The van der Waals surface area contributed by atoms with Crippen LogP contribution in [0.1, 0.15) is 36.1 Å². The highest BCUT2D eigenvalue weighted by molar-refractivity contribution is 8.00. The molecule has 0 aliphatic heterocycles. The zero-order valence-electron chi connectivity index (χ0n) is 12.4. The Hall–Kier alpha value is -1.14. The standard InChI is InChI=1S/C15H18N2O2S2/c1-8-9(2)20-13-12(8)14(19)17(3)15(16-13)21-11-7-5-4-6-10(11)18/h11H,4-7H2,1-3H3. The molecule has 0 amide bonds. The van der Waals surface area contributed by atoms with E-state index in [0.29, 0.717) is 17.4 Å². The van der Waals surface area contributed by atoms with Crippen LogP contribution in [-0.4, -0.2) is 20.6 Å². The first-order valence-corrected chi connectivity index (χ1v) is 8.84. The highest BCUT2D eigenvalue weighted by Gasteiger charge is 2.25. The smallest absolute Gasteiger partial charge is 0.262 e. The quantitative estimate of drug-likeness (QED) is 0.797. The Balaban J connectivity index is 2.05. The van der Waals surface area contributed by atoms with Crippen molar-refractivity contribution >= 4 is 39.1 Å². The third kappa shape index (κ3) is 2.55. The lowest BCUT2D eigenvalue weighted by Crippen LogP contribution is -2.25. The van der Waals surface area contributed by atoms with Crippen LogP contribution in [-0.2, 0) is 11.8 Å². The molecule has 112 valence electrons. The van der Waals surface area contributed by atoms with Gasteiger partial charge in [0.1, 0.15) is 10.6 Å². The molecule has 3 rings (SSSR count). The maximum atomic E-state index is 12.5. The van der Waals surface area contributed by atoms with E-state index in [4.69, 9.17) is 0 Å². The predicted molar refractivity (Wildman–Crippen MR) is 87.5 cm³/mol. The van der Waals surface area contributed by atoms with E-state index in [0.717, 1.165) is 39.9 Å². The van der Waals surface area contributed by atoms with Crippen LogP contribution in [0.3, 0.4) is 0 Å². The van der Waals surface area contributed by atoms with Gasteiger partial charge in [0, 0.05) is 18.3 Å². The second kappa shape index (κ2) is 5.57. The monoisotopic (exact) mass is 322 g/mol. The van der Waals surface area contributed by atoms with Crippen LogP contribution >= 0.6 is 23.1 Å². The molecule has 0 spiro atoms. The number of aryl methyl sites for hydroxylation is 2. The number of carbonyl (C=O) groups is 1. The van der Waals surface area contributed by atoms with Crippen molar-refractivity contribution in [3.8, 4) is 0 Å². The summed E-state index contributed by atoms with van der Waals surface area (Å²) in [7, 11) is 1.75. The van der Waals surface area contributed by atoms with Gasteiger partial charge in [0.25, 0.3) is 5.56 Å². The molecule has 2 heterocycles. The summed E-state index contributed by atoms with van der Waals surface area (Å²) in [6.07, 6.45) is 3.62. The molecule has 0 N–H and O–H groups in total. The molecule has 1 aliphatic carbocycles. The molecule has 0 saturated heterocycles. The summed E-state index contributed by atoms with van der Waals surface area (Å²) < 4.78 is 1.59. The van der Waals surface area contributed by atoms with Crippen LogP contribution in [0.2, 0.25) is 0 Å². The molecule has 4 nitrogen and oxygen atoms in total. The van der Waals surface area contributed by atoms with Gasteiger partial charge in [-0.15, -0.1) is 11.3 Å². The topological polar surface area (TPSA) is 52.0 Å². The zero-order valence-corrected chi connectivity index (χ0v) is 14.1. The molecule has 0 aromatic carbocycles. The molecule has 0 radical (unpaired) electrons. The van der Waals surface area contributed by atoms with Gasteiger partial charge in [-0.3, -0.25) is 14.2 Å². The number of aromatic nitrogens is 2. The lowest BCUT2D eigenvalue weighted by molar-refractivity contribution is -0.119. The molecule has 1 fully saturated rings. The van der Waals surface area contributed by atoms with Crippen molar-refractivity contribution in [3.63, 3.8) is 0 Å². The Labute approximate surface area is 131 Å².